The summed E-state index contributed by atoms with van der Waals surface area (Å²) in [7, 11) is 0. The van der Waals surface area contributed by atoms with Crippen LogP contribution in [-0.4, -0.2) is 27.5 Å². The van der Waals surface area contributed by atoms with Gasteiger partial charge < -0.3 is 15.5 Å². The van der Waals surface area contributed by atoms with Gasteiger partial charge in [-0.2, -0.15) is 0 Å². The number of aliphatic carboxylic acids is 1. The van der Waals surface area contributed by atoms with E-state index in [4.69, 9.17) is 16.7 Å². The number of anilines is 1. The Kier molecular flexibility index (Phi) is 5.07. The monoisotopic (exact) mass is 311 g/mol. The molecule has 1 atom stereocenters. The minimum absolute atomic E-state index is 0.0195. The van der Waals surface area contributed by atoms with Crippen LogP contribution >= 0.6 is 11.6 Å². The fraction of sp³-hybridized carbons (Fsp3) is 0.467. The lowest BCUT2D eigenvalue weighted by Gasteiger charge is -2.18. The third kappa shape index (κ3) is 4.11. The summed E-state index contributed by atoms with van der Waals surface area (Å²) >= 11 is 5.86. The van der Waals surface area contributed by atoms with Gasteiger partial charge in [0.2, 0.25) is 5.91 Å². The number of aromatic hydroxyl groups is 1. The minimum Gasteiger partial charge on any atom is -0.506 e. The highest BCUT2D eigenvalue weighted by molar-refractivity contribution is 6.32. The lowest BCUT2D eigenvalue weighted by atomic mass is 9.91. The average Bonchev–Trinajstić information content (AvgIpc) is 2.45. The second-order valence-electron chi connectivity index (χ2n) is 5.23. The molecule has 0 aromatic heterocycles. The van der Waals surface area contributed by atoms with E-state index in [0.717, 1.165) is 36.8 Å². The van der Waals surface area contributed by atoms with Gasteiger partial charge in [-0.25, -0.2) is 0 Å². The molecule has 114 valence electrons. The standard InChI is InChI=1S/C15H18ClNO4/c16-11(5-6-14(19)20)15(21)17-12-7-9-3-1-2-4-10(9)8-13(12)18/h7-8,11,18H,1-6H2,(H,17,21)(H,19,20)/t11-/m1/s1. The zero-order valence-electron chi connectivity index (χ0n) is 11.6. The van der Waals surface area contributed by atoms with E-state index in [0.29, 0.717) is 5.69 Å². The van der Waals surface area contributed by atoms with Gasteiger partial charge in [0.1, 0.15) is 11.1 Å². The first-order valence-corrected chi connectivity index (χ1v) is 7.42. The van der Waals surface area contributed by atoms with Crippen molar-refractivity contribution in [2.75, 3.05) is 5.32 Å². The third-order valence-electron chi connectivity index (χ3n) is 3.61. The van der Waals surface area contributed by atoms with Crippen LogP contribution in [0.1, 0.15) is 36.8 Å². The molecule has 0 bridgehead atoms. The van der Waals surface area contributed by atoms with Crippen molar-refractivity contribution in [1.29, 1.82) is 0 Å². The summed E-state index contributed by atoms with van der Waals surface area (Å²) in [5, 5.41) is 20.2. The van der Waals surface area contributed by atoms with E-state index in [9.17, 15) is 14.7 Å². The maximum absolute atomic E-state index is 11.9. The highest BCUT2D eigenvalue weighted by atomic mass is 35.5. The Morgan fingerprint density at radius 1 is 1.24 bits per heavy atom. The number of hydrogen-bond donors (Lipinski definition) is 3. The van der Waals surface area contributed by atoms with Crippen LogP contribution in [0.4, 0.5) is 5.69 Å². The van der Waals surface area contributed by atoms with Crippen molar-refractivity contribution < 1.29 is 19.8 Å². The highest BCUT2D eigenvalue weighted by Crippen LogP contribution is 2.32. The number of fused-ring (bicyclic) bond motifs is 1. The number of hydrogen-bond acceptors (Lipinski definition) is 3. The van der Waals surface area contributed by atoms with E-state index in [1.54, 1.807) is 12.1 Å². The summed E-state index contributed by atoms with van der Waals surface area (Å²) in [6.07, 6.45) is 3.96. The van der Waals surface area contributed by atoms with Crippen molar-refractivity contribution in [3.8, 4) is 5.75 Å². The largest absolute Gasteiger partial charge is 0.506 e. The second-order valence-corrected chi connectivity index (χ2v) is 5.76. The van der Waals surface area contributed by atoms with Gasteiger partial charge in [-0.15, -0.1) is 11.6 Å². The van der Waals surface area contributed by atoms with Gasteiger partial charge in [-0.05, 0) is 55.4 Å². The fourth-order valence-electron chi connectivity index (χ4n) is 2.47. The SMILES string of the molecule is O=C(O)CC[C@@H](Cl)C(=O)Nc1cc2c(cc1O)CCCC2. The number of amides is 1. The first kappa shape index (κ1) is 15.6. The van der Waals surface area contributed by atoms with E-state index in [-0.39, 0.29) is 18.6 Å². The van der Waals surface area contributed by atoms with E-state index in [1.165, 1.54) is 0 Å². The van der Waals surface area contributed by atoms with Crippen LogP contribution in [0.15, 0.2) is 12.1 Å². The number of nitrogens with one attached hydrogen (secondary N) is 1. The topological polar surface area (TPSA) is 86.6 Å². The Bertz CT molecular complexity index is 559. The van der Waals surface area contributed by atoms with Crippen LogP contribution in [-0.2, 0) is 22.4 Å². The number of phenols is 1. The van der Waals surface area contributed by atoms with Crippen molar-refractivity contribution in [2.24, 2.45) is 0 Å². The average molecular weight is 312 g/mol. The van der Waals surface area contributed by atoms with E-state index in [1.807, 2.05) is 0 Å². The number of carbonyl (C=O) groups excluding carboxylic acids is 1. The van der Waals surface area contributed by atoms with Crippen molar-refractivity contribution in [3.05, 3.63) is 23.3 Å². The van der Waals surface area contributed by atoms with Crippen LogP contribution in [0.25, 0.3) is 0 Å². The molecule has 3 N–H and O–H groups in total. The van der Waals surface area contributed by atoms with Crippen molar-refractivity contribution in [1.82, 2.24) is 0 Å². The van der Waals surface area contributed by atoms with E-state index in [2.05, 4.69) is 5.32 Å². The summed E-state index contributed by atoms with van der Waals surface area (Å²) in [5.41, 5.74) is 2.58. The number of alkyl halides is 1. The van der Waals surface area contributed by atoms with Gasteiger partial charge in [0.25, 0.3) is 0 Å². The van der Waals surface area contributed by atoms with Gasteiger partial charge in [0, 0.05) is 6.42 Å². The summed E-state index contributed by atoms with van der Waals surface area (Å²) in [6, 6.07) is 3.47. The Labute approximate surface area is 127 Å². The van der Waals surface area contributed by atoms with Gasteiger partial charge in [0.15, 0.2) is 0 Å². The molecule has 0 spiro atoms. The maximum atomic E-state index is 11.9. The molecule has 0 fully saturated rings. The number of rotatable bonds is 5. The number of halogens is 1. The van der Waals surface area contributed by atoms with E-state index < -0.39 is 17.3 Å². The summed E-state index contributed by atoms with van der Waals surface area (Å²) in [5.74, 6) is -1.47. The number of aryl methyl sites for hydroxylation is 2. The van der Waals surface area contributed by atoms with Crippen LogP contribution < -0.4 is 5.32 Å². The molecule has 1 amide bonds. The van der Waals surface area contributed by atoms with Gasteiger partial charge in [-0.3, -0.25) is 9.59 Å². The summed E-state index contributed by atoms with van der Waals surface area (Å²) in [6.45, 7) is 0. The third-order valence-corrected chi connectivity index (χ3v) is 4.03. The molecular weight excluding hydrogens is 294 g/mol. The Hall–Kier alpha value is -1.75. The number of carboxylic acids is 1. The quantitative estimate of drug-likeness (QED) is 0.576. The zero-order valence-corrected chi connectivity index (χ0v) is 12.3. The molecular formula is C15H18ClNO4. The van der Waals surface area contributed by atoms with Crippen LogP contribution in [0.5, 0.6) is 5.75 Å². The van der Waals surface area contributed by atoms with Crippen LogP contribution in [0.3, 0.4) is 0 Å². The van der Waals surface area contributed by atoms with Crippen LogP contribution in [0.2, 0.25) is 0 Å². The molecule has 1 aliphatic rings. The normalized spacial score (nSPS) is 15.1. The Morgan fingerprint density at radius 3 is 2.48 bits per heavy atom. The van der Waals surface area contributed by atoms with Crippen molar-refractivity contribution >= 4 is 29.2 Å². The Morgan fingerprint density at radius 2 is 1.86 bits per heavy atom. The van der Waals surface area contributed by atoms with Crippen molar-refractivity contribution in [3.63, 3.8) is 0 Å². The summed E-state index contributed by atoms with van der Waals surface area (Å²) < 4.78 is 0. The molecule has 5 nitrogen and oxygen atoms in total. The smallest absolute Gasteiger partial charge is 0.303 e. The van der Waals surface area contributed by atoms with Gasteiger partial charge in [-0.1, -0.05) is 0 Å². The zero-order chi connectivity index (χ0) is 15.4. The molecule has 0 heterocycles. The fourth-order valence-corrected chi connectivity index (χ4v) is 2.63. The number of carboxylic acid groups (broad SMARTS) is 1. The first-order chi connectivity index (χ1) is 9.97. The van der Waals surface area contributed by atoms with Crippen LogP contribution in [0, 0.1) is 0 Å². The second kappa shape index (κ2) is 6.80. The van der Waals surface area contributed by atoms with Gasteiger partial charge >= 0.3 is 5.97 Å². The molecule has 1 aliphatic carbocycles. The highest BCUT2D eigenvalue weighted by Gasteiger charge is 2.19. The van der Waals surface area contributed by atoms with E-state index >= 15 is 0 Å². The predicted molar refractivity (Wildman–Crippen MR) is 79.9 cm³/mol. The summed E-state index contributed by atoms with van der Waals surface area (Å²) in [4.78, 5) is 22.4. The van der Waals surface area contributed by atoms with Crippen molar-refractivity contribution in [2.45, 2.75) is 43.9 Å². The lowest BCUT2D eigenvalue weighted by Crippen LogP contribution is -2.24. The predicted octanol–water partition coefficient (Wildman–Crippen LogP) is 2.68. The lowest BCUT2D eigenvalue weighted by molar-refractivity contribution is -0.137. The first-order valence-electron chi connectivity index (χ1n) is 6.99. The van der Waals surface area contributed by atoms with Gasteiger partial charge in [0.05, 0.1) is 5.69 Å². The molecule has 21 heavy (non-hydrogen) atoms. The maximum Gasteiger partial charge on any atom is 0.303 e. The molecule has 0 unspecified atom stereocenters. The number of carbonyl (C=O) groups is 2. The molecule has 0 saturated heterocycles. The molecule has 1 aromatic carbocycles. The molecule has 0 radical (unpaired) electrons. The number of phenolic OH excluding ortho intramolecular Hbond substituents is 1. The molecule has 2 rings (SSSR count). The molecule has 0 saturated carbocycles. The molecule has 1 aromatic rings. The number of benzene rings is 1. The Balaban J connectivity index is 2.05. The molecule has 6 heteroatoms. The minimum atomic E-state index is -0.995. The molecule has 0 aliphatic heterocycles.